The van der Waals surface area contributed by atoms with E-state index < -0.39 is 0 Å². The zero-order valence-corrected chi connectivity index (χ0v) is 11.7. The van der Waals surface area contributed by atoms with Crippen LogP contribution in [0.5, 0.6) is 5.75 Å². The van der Waals surface area contributed by atoms with E-state index in [0.29, 0.717) is 12.5 Å². The Balaban J connectivity index is 1.72. The molecule has 5 heteroatoms. The number of methoxy groups -OCH3 is 1. The number of ether oxygens (including phenoxy) is 2. The number of hydrogen-bond acceptors (Lipinski definition) is 4. The summed E-state index contributed by atoms with van der Waals surface area (Å²) in [4.78, 5) is 13.8. The molecular formula is C15H20N2O3. The maximum Gasteiger partial charge on any atom is 0.414 e. The predicted octanol–water partition coefficient (Wildman–Crippen LogP) is 2.02. The summed E-state index contributed by atoms with van der Waals surface area (Å²) in [6.07, 6.45) is 2.00. The maximum atomic E-state index is 12.1. The Hall–Kier alpha value is -1.75. The van der Waals surface area contributed by atoms with Gasteiger partial charge in [-0.05, 0) is 31.5 Å². The molecule has 2 atom stereocenters. The average Bonchev–Trinajstić information content (AvgIpc) is 2.90. The van der Waals surface area contributed by atoms with E-state index in [9.17, 15) is 4.79 Å². The summed E-state index contributed by atoms with van der Waals surface area (Å²) in [5.74, 6) is 1.17. The van der Waals surface area contributed by atoms with Crippen LogP contribution in [0.2, 0.25) is 0 Å². The fourth-order valence-corrected chi connectivity index (χ4v) is 2.92. The van der Waals surface area contributed by atoms with Crippen molar-refractivity contribution >= 4 is 11.8 Å². The van der Waals surface area contributed by atoms with Crippen LogP contribution < -0.4 is 15.0 Å². The summed E-state index contributed by atoms with van der Waals surface area (Å²) in [7, 11) is 1.62. The molecule has 3 rings (SSSR count). The minimum Gasteiger partial charge on any atom is -0.497 e. The summed E-state index contributed by atoms with van der Waals surface area (Å²) >= 11 is 0. The highest BCUT2D eigenvalue weighted by Gasteiger charge is 2.37. The lowest BCUT2D eigenvalue weighted by Crippen LogP contribution is -2.38. The maximum absolute atomic E-state index is 12.1. The number of benzene rings is 1. The van der Waals surface area contributed by atoms with E-state index in [1.807, 2.05) is 24.3 Å². The van der Waals surface area contributed by atoms with Gasteiger partial charge in [-0.1, -0.05) is 6.07 Å². The Kier molecular flexibility index (Phi) is 3.78. The first-order valence-electron chi connectivity index (χ1n) is 7.11. The Morgan fingerprint density at radius 1 is 1.45 bits per heavy atom. The molecule has 2 saturated heterocycles. The molecule has 0 spiro atoms. The topological polar surface area (TPSA) is 50.8 Å². The van der Waals surface area contributed by atoms with Crippen molar-refractivity contribution in [3.8, 4) is 5.75 Å². The van der Waals surface area contributed by atoms with Gasteiger partial charge in [0, 0.05) is 18.5 Å². The van der Waals surface area contributed by atoms with Crippen molar-refractivity contribution in [1.82, 2.24) is 5.32 Å². The van der Waals surface area contributed by atoms with Gasteiger partial charge < -0.3 is 14.8 Å². The van der Waals surface area contributed by atoms with E-state index in [1.54, 1.807) is 12.0 Å². The summed E-state index contributed by atoms with van der Waals surface area (Å²) in [5.41, 5.74) is 0.834. The van der Waals surface area contributed by atoms with Crippen LogP contribution in [0.25, 0.3) is 0 Å². The highest BCUT2D eigenvalue weighted by molar-refractivity contribution is 5.90. The molecule has 2 aliphatic rings. The molecule has 0 saturated carbocycles. The van der Waals surface area contributed by atoms with Crippen molar-refractivity contribution in [2.75, 3.05) is 31.6 Å². The van der Waals surface area contributed by atoms with Gasteiger partial charge in [-0.25, -0.2) is 4.79 Å². The first-order chi connectivity index (χ1) is 9.78. The predicted molar refractivity (Wildman–Crippen MR) is 76.2 cm³/mol. The van der Waals surface area contributed by atoms with Gasteiger partial charge in [0.05, 0.1) is 19.3 Å². The molecule has 5 nitrogen and oxygen atoms in total. The fraction of sp³-hybridized carbons (Fsp3) is 0.533. The normalized spacial score (nSPS) is 26.4. The van der Waals surface area contributed by atoms with Crippen LogP contribution in [0.4, 0.5) is 10.5 Å². The molecule has 1 N–H and O–H groups in total. The van der Waals surface area contributed by atoms with E-state index in [1.165, 1.54) is 0 Å². The van der Waals surface area contributed by atoms with E-state index in [4.69, 9.17) is 9.47 Å². The van der Waals surface area contributed by atoms with E-state index in [2.05, 4.69) is 5.32 Å². The third-order valence-electron chi connectivity index (χ3n) is 4.06. The van der Waals surface area contributed by atoms with Crippen molar-refractivity contribution in [2.24, 2.45) is 5.92 Å². The van der Waals surface area contributed by atoms with Crippen LogP contribution in [0.15, 0.2) is 24.3 Å². The molecule has 108 valence electrons. The SMILES string of the molecule is COc1cccc(N2CC(C3CCCNC3)OC2=O)c1. The first kappa shape index (κ1) is 13.2. The zero-order chi connectivity index (χ0) is 13.9. The standard InChI is InChI=1S/C15H20N2O3/c1-19-13-6-2-5-12(8-13)17-10-14(20-15(17)18)11-4-3-7-16-9-11/h2,5-6,8,11,14,16H,3-4,7,9-10H2,1H3. The summed E-state index contributed by atoms with van der Waals surface area (Å²) < 4.78 is 10.8. The largest absolute Gasteiger partial charge is 0.497 e. The number of anilines is 1. The Labute approximate surface area is 118 Å². The van der Waals surface area contributed by atoms with Crippen LogP contribution in [0.3, 0.4) is 0 Å². The number of cyclic esters (lactones) is 1. The lowest BCUT2D eigenvalue weighted by Gasteiger charge is -2.26. The number of hydrogen-bond donors (Lipinski definition) is 1. The lowest BCUT2D eigenvalue weighted by atomic mass is 9.94. The Bertz CT molecular complexity index is 486. The minimum absolute atomic E-state index is 0.0125. The molecule has 1 aromatic rings. The number of piperidine rings is 1. The van der Waals surface area contributed by atoms with Gasteiger partial charge in [-0.2, -0.15) is 0 Å². The third kappa shape index (κ3) is 2.58. The van der Waals surface area contributed by atoms with Crippen molar-refractivity contribution in [3.05, 3.63) is 24.3 Å². The molecule has 2 heterocycles. The highest BCUT2D eigenvalue weighted by Crippen LogP contribution is 2.29. The summed E-state index contributed by atoms with van der Waals surface area (Å²) in [6.45, 7) is 2.62. The lowest BCUT2D eigenvalue weighted by molar-refractivity contribution is 0.0942. The van der Waals surface area contributed by atoms with Crippen LogP contribution in [-0.4, -0.2) is 38.9 Å². The van der Waals surface area contributed by atoms with Gasteiger partial charge >= 0.3 is 6.09 Å². The smallest absolute Gasteiger partial charge is 0.414 e. The van der Waals surface area contributed by atoms with E-state index >= 15 is 0 Å². The van der Waals surface area contributed by atoms with Gasteiger partial charge in [-0.3, -0.25) is 4.90 Å². The van der Waals surface area contributed by atoms with Gasteiger partial charge in [-0.15, -0.1) is 0 Å². The number of carbonyl (C=O) groups excluding carboxylic acids is 1. The molecule has 20 heavy (non-hydrogen) atoms. The van der Waals surface area contributed by atoms with Crippen LogP contribution in [0.1, 0.15) is 12.8 Å². The molecule has 2 unspecified atom stereocenters. The van der Waals surface area contributed by atoms with Crippen LogP contribution >= 0.6 is 0 Å². The molecule has 1 aromatic carbocycles. The van der Waals surface area contributed by atoms with Crippen molar-refractivity contribution in [1.29, 1.82) is 0 Å². The van der Waals surface area contributed by atoms with E-state index in [-0.39, 0.29) is 12.2 Å². The number of carbonyl (C=O) groups is 1. The second-order valence-corrected chi connectivity index (χ2v) is 5.34. The first-order valence-corrected chi connectivity index (χ1v) is 7.11. The molecular weight excluding hydrogens is 256 g/mol. The van der Waals surface area contributed by atoms with Crippen molar-refractivity contribution in [3.63, 3.8) is 0 Å². The second kappa shape index (κ2) is 5.71. The molecule has 0 bridgehead atoms. The van der Waals surface area contributed by atoms with Crippen LogP contribution in [-0.2, 0) is 4.74 Å². The fourth-order valence-electron chi connectivity index (χ4n) is 2.92. The Morgan fingerprint density at radius 2 is 2.35 bits per heavy atom. The summed E-state index contributed by atoms with van der Waals surface area (Å²) in [5, 5.41) is 3.37. The van der Waals surface area contributed by atoms with Crippen molar-refractivity contribution < 1.29 is 14.3 Å². The quantitative estimate of drug-likeness (QED) is 0.917. The molecule has 0 radical (unpaired) electrons. The Morgan fingerprint density at radius 3 is 3.10 bits per heavy atom. The number of nitrogens with one attached hydrogen (secondary N) is 1. The number of rotatable bonds is 3. The molecule has 2 fully saturated rings. The van der Waals surface area contributed by atoms with Gasteiger partial charge in [0.1, 0.15) is 11.9 Å². The van der Waals surface area contributed by atoms with Gasteiger partial charge in [0.15, 0.2) is 0 Å². The third-order valence-corrected chi connectivity index (χ3v) is 4.06. The molecule has 0 aliphatic carbocycles. The van der Waals surface area contributed by atoms with Gasteiger partial charge in [0.25, 0.3) is 0 Å². The molecule has 1 amide bonds. The second-order valence-electron chi connectivity index (χ2n) is 5.34. The molecule has 2 aliphatic heterocycles. The van der Waals surface area contributed by atoms with Gasteiger partial charge in [0.2, 0.25) is 0 Å². The highest BCUT2D eigenvalue weighted by atomic mass is 16.6. The minimum atomic E-state index is -0.256. The van der Waals surface area contributed by atoms with E-state index in [0.717, 1.165) is 37.4 Å². The number of amides is 1. The average molecular weight is 276 g/mol. The summed E-state index contributed by atoms with van der Waals surface area (Å²) in [6, 6.07) is 7.53. The number of nitrogens with zero attached hydrogens (tertiary/aromatic N) is 1. The van der Waals surface area contributed by atoms with Crippen LogP contribution in [0, 0.1) is 5.92 Å². The van der Waals surface area contributed by atoms with Crippen molar-refractivity contribution in [2.45, 2.75) is 18.9 Å². The monoisotopic (exact) mass is 276 g/mol. The zero-order valence-electron chi connectivity index (χ0n) is 11.7. The molecule has 0 aromatic heterocycles.